The van der Waals surface area contributed by atoms with Gasteiger partial charge in [0.1, 0.15) is 0 Å². The van der Waals surface area contributed by atoms with Crippen LogP contribution in [0.5, 0.6) is 0 Å². The van der Waals surface area contributed by atoms with Gasteiger partial charge < -0.3 is 0 Å². The molecule has 0 atom stereocenters. The summed E-state index contributed by atoms with van der Waals surface area (Å²) in [5.74, 6) is 0.216. The maximum absolute atomic E-state index is 12.6. The molecular weight excluding hydrogens is 244 g/mol. The zero-order valence-corrected chi connectivity index (χ0v) is 11.7. The molecule has 2 aromatic carbocycles. The molecule has 3 rings (SSSR count). The number of rotatable bonds is 4. The normalized spacial score (nSPS) is 13.8. The number of hydrogen-bond acceptors (Lipinski definition) is 1. The van der Waals surface area contributed by atoms with Crippen molar-refractivity contribution in [3.8, 4) is 0 Å². The number of hydrogen-bond donors (Lipinski definition) is 0. The maximum atomic E-state index is 12.6. The van der Waals surface area contributed by atoms with Gasteiger partial charge in [0.25, 0.3) is 0 Å². The van der Waals surface area contributed by atoms with Crippen molar-refractivity contribution < 1.29 is 4.79 Å². The minimum Gasteiger partial charge on any atom is -0.289 e. The summed E-state index contributed by atoms with van der Waals surface area (Å²) in [5.41, 5.74) is 5.23. The average molecular weight is 262 g/mol. The van der Waals surface area contributed by atoms with E-state index in [-0.39, 0.29) is 5.78 Å². The number of carbonyl (C=O) groups is 1. The molecule has 0 bridgehead atoms. The Bertz CT molecular complexity index is 665. The Morgan fingerprint density at radius 1 is 0.850 bits per heavy atom. The van der Waals surface area contributed by atoms with E-state index >= 15 is 0 Å². The van der Waals surface area contributed by atoms with Crippen LogP contribution in [0, 0.1) is 0 Å². The molecule has 0 fully saturated rings. The Morgan fingerprint density at radius 2 is 1.50 bits per heavy atom. The highest BCUT2D eigenvalue weighted by atomic mass is 16.1. The van der Waals surface area contributed by atoms with Crippen LogP contribution in [-0.4, -0.2) is 5.78 Å². The van der Waals surface area contributed by atoms with E-state index in [1.54, 1.807) is 0 Å². The molecule has 1 aliphatic rings. The molecule has 0 radical (unpaired) electrons. The highest BCUT2D eigenvalue weighted by molar-refractivity contribution is 6.22. The molecule has 0 spiro atoms. The summed E-state index contributed by atoms with van der Waals surface area (Å²) >= 11 is 0. The van der Waals surface area contributed by atoms with Gasteiger partial charge in [0.15, 0.2) is 5.78 Å². The lowest BCUT2D eigenvalue weighted by molar-refractivity contribution is 0.103. The molecule has 100 valence electrons. The Morgan fingerprint density at radius 3 is 2.20 bits per heavy atom. The summed E-state index contributed by atoms with van der Waals surface area (Å²) in [6.45, 7) is 2.16. The number of benzene rings is 2. The standard InChI is InChI=1S/C19H18O/c1-2-3-11-17-18(14-9-5-4-6-10-14)15-12-7-8-13-16(15)19(17)20/h4-10,12-13H,2-3,11H2,1H3. The number of ketones is 1. The van der Waals surface area contributed by atoms with Gasteiger partial charge in [-0.3, -0.25) is 4.79 Å². The fourth-order valence-electron chi connectivity index (χ4n) is 2.86. The zero-order chi connectivity index (χ0) is 13.9. The Hall–Kier alpha value is -2.15. The van der Waals surface area contributed by atoms with E-state index in [9.17, 15) is 4.79 Å². The van der Waals surface area contributed by atoms with E-state index in [0.717, 1.165) is 47.1 Å². The van der Waals surface area contributed by atoms with E-state index in [1.165, 1.54) is 0 Å². The molecule has 0 aliphatic heterocycles. The summed E-state index contributed by atoms with van der Waals surface area (Å²) in [6.07, 6.45) is 3.04. The number of fused-ring (bicyclic) bond motifs is 1. The van der Waals surface area contributed by atoms with Gasteiger partial charge in [0.2, 0.25) is 0 Å². The van der Waals surface area contributed by atoms with E-state index < -0.39 is 0 Å². The predicted molar refractivity (Wildman–Crippen MR) is 82.8 cm³/mol. The van der Waals surface area contributed by atoms with Crippen molar-refractivity contribution >= 4 is 11.4 Å². The summed E-state index contributed by atoms with van der Waals surface area (Å²) in [4.78, 5) is 12.6. The van der Waals surface area contributed by atoms with Gasteiger partial charge in [-0.1, -0.05) is 67.9 Å². The third-order valence-electron chi connectivity index (χ3n) is 3.86. The SMILES string of the molecule is CCCCC1=C(c2ccccc2)c2ccccc2C1=O. The maximum Gasteiger partial charge on any atom is 0.190 e. The van der Waals surface area contributed by atoms with E-state index in [1.807, 2.05) is 36.4 Å². The van der Waals surface area contributed by atoms with E-state index in [2.05, 4.69) is 25.1 Å². The molecule has 1 heteroatoms. The van der Waals surface area contributed by atoms with Gasteiger partial charge in [0.05, 0.1) is 0 Å². The lowest BCUT2D eigenvalue weighted by Crippen LogP contribution is -1.98. The van der Waals surface area contributed by atoms with Gasteiger partial charge >= 0.3 is 0 Å². The first kappa shape index (κ1) is 12.9. The summed E-state index contributed by atoms with van der Waals surface area (Å²) in [5, 5.41) is 0. The second-order valence-corrected chi connectivity index (χ2v) is 5.20. The second-order valence-electron chi connectivity index (χ2n) is 5.20. The Labute approximate surface area is 120 Å². The van der Waals surface area contributed by atoms with Crippen LogP contribution in [0.1, 0.15) is 47.7 Å². The average Bonchev–Trinajstić information content (AvgIpc) is 2.79. The van der Waals surface area contributed by atoms with Crippen molar-refractivity contribution in [3.05, 3.63) is 76.9 Å². The van der Waals surface area contributed by atoms with Crippen LogP contribution < -0.4 is 0 Å². The predicted octanol–water partition coefficient (Wildman–Crippen LogP) is 4.88. The lowest BCUT2D eigenvalue weighted by atomic mass is 9.96. The number of allylic oxidation sites excluding steroid dienone is 1. The van der Waals surface area contributed by atoms with Gasteiger partial charge in [-0.15, -0.1) is 0 Å². The molecule has 1 nitrogen and oxygen atoms in total. The first-order chi connectivity index (χ1) is 9.83. The molecule has 0 saturated heterocycles. The number of unbranched alkanes of at least 4 members (excludes halogenated alkanes) is 1. The summed E-state index contributed by atoms with van der Waals surface area (Å²) < 4.78 is 0. The molecule has 0 unspecified atom stereocenters. The molecule has 20 heavy (non-hydrogen) atoms. The minimum atomic E-state index is 0.216. The number of Topliss-reactive ketones (excluding diaryl/α,β-unsaturated/α-hetero) is 1. The number of carbonyl (C=O) groups excluding carboxylic acids is 1. The van der Waals surface area contributed by atoms with Crippen LogP contribution in [0.4, 0.5) is 0 Å². The minimum absolute atomic E-state index is 0.216. The molecular formula is C19H18O. The largest absolute Gasteiger partial charge is 0.289 e. The van der Waals surface area contributed by atoms with Crippen LogP contribution in [0.2, 0.25) is 0 Å². The second kappa shape index (κ2) is 5.46. The first-order valence-corrected chi connectivity index (χ1v) is 7.25. The van der Waals surface area contributed by atoms with Crippen LogP contribution in [-0.2, 0) is 0 Å². The van der Waals surface area contributed by atoms with Crippen molar-refractivity contribution in [2.24, 2.45) is 0 Å². The third kappa shape index (κ3) is 2.09. The first-order valence-electron chi connectivity index (χ1n) is 7.25. The summed E-state index contributed by atoms with van der Waals surface area (Å²) in [6, 6.07) is 18.2. The van der Waals surface area contributed by atoms with Crippen LogP contribution >= 0.6 is 0 Å². The van der Waals surface area contributed by atoms with Gasteiger partial charge in [-0.2, -0.15) is 0 Å². The molecule has 0 N–H and O–H groups in total. The molecule has 0 heterocycles. The van der Waals surface area contributed by atoms with Gasteiger partial charge in [-0.05, 0) is 29.5 Å². The molecule has 1 aliphatic carbocycles. The van der Waals surface area contributed by atoms with Crippen LogP contribution in [0.25, 0.3) is 5.57 Å². The van der Waals surface area contributed by atoms with Crippen LogP contribution in [0.3, 0.4) is 0 Å². The van der Waals surface area contributed by atoms with Crippen molar-refractivity contribution in [1.29, 1.82) is 0 Å². The molecule has 0 saturated carbocycles. The highest BCUT2D eigenvalue weighted by Gasteiger charge is 2.29. The molecule has 0 aromatic heterocycles. The fraction of sp³-hybridized carbons (Fsp3) is 0.211. The quantitative estimate of drug-likeness (QED) is 0.767. The molecule has 0 amide bonds. The third-order valence-corrected chi connectivity index (χ3v) is 3.86. The topological polar surface area (TPSA) is 17.1 Å². The van der Waals surface area contributed by atoms with Crippen molar-refractivity contribution in [2.75, 3.05) is 0 Å². The van der Waals surface area contributed by atoms with Crippen molar-refractivity contribution in [2.45, 2.75) is 26.2 Å². The van der Waals surface area contributed by atoms with Crippen molar-refractivity contribution in [1.82, 2.24) is 0 Å². The fourth-order valence-corrected chi connectivity index (χ4v) is 2.86. The molecule has 2 aromatic rings. The van der Waals surface area contributed by atoms with E-state index in [0.29, 0.717) is 0 Å². The monoisotopic (exact) mass is 262 g/mol. The van der Waals surface area contributed by atoms with E-state index in [4.69, 9.17) is 0 Å². The zero-order valence-electron chi connectivity index (χ0n) is 11.7. The van der Waals surface area contributed by atoms with Gasteiger partial charge in [-0.25, -0.2) is 0 Å². The van der Waals surface area contributed by atoms with Gasteiger partial charge in [0, 0.05) is 11.1 Å². The van der Waals surface area contributed by atoms with Crippen molar-refractivity contribution in [3.63, 3.8) is 0 Å². The Kier molecular flexibility index (Phi) is 3.51. The lowest BCUT2D eigenvalue weighted by Gasteiger charge is -2.07. The highest BCUT2D eigenvalue weighted by Crippen LogP contribution is 2.39. The van der Waals surface area contributed by atoms with Crippen LogP contribution in [0.15, 0.2) is 60.2 Å². The summed E-state index contributed by atoms with van der Waals surface area (Å²) in [7, 11) is 0. The smallest absolute Gasteiger partial charge is 0.190 e. The Balaban J connectivity index is 2.17.